The minimum atomic E-state index is 0.662. The Balaban J connectivity index is 1.86. The first-order valence-corrected chi connectivity index (χ1v) is 8.34. The summed E-state index contributed by atoms with van der Waals surface area (Å²) in [6, 6.07) is 16.1. The van der Waals surface area contributed by atoms with Crippen LogP contribution in [0.4, 0.5) is 0 Å². The van der Waals surface area contributed by atoms with Crippen molar-refractivity contribution in [2.24, 2.45) is 0 Å². The molecule has 0 saturated carbocycles. The Morgan fingerprint density at radius 1 is 1.00 bits per heavy atom. The maximum atomic E-state index is 4.26. The van der Waals surface area contributed by atoms with Crippen molar-refractivity contribution in [1.82, 2.24) is 9.88 Å². The van der Waals surface area contributed by atoms with E-state index in [0.29, 0.717) is 6.04 Å². The van der Waals surface area contributed by atoms with Crippen molar-refractivity contribution >= 4 is 10.8 Å². The highest BCUT2D eigenvalue weighted by Gasteiger charge is 2.22. The van der Waals surface area contributed by atoms with Crippen molar-refractivity contribution in [3.05, 3.63) is 66.0 Å². The molecule has 1 unspecified atom stereocenters. The van der Waals surface area contributed by atoms with Gasteiger partial charge in [0, 0.05) is 23.8 Å². The third-order valence-corrected chi connectivity index (χ3v) is 5.16. The first-order valence-electron chi connectivity index (χ1n) is 8.34. The molecule has 1 heterocycles. The number of pyridine rings is 1. The molecule has 1 aliphatic carbocycles. The second-order valence-electron chi connectivity index (χ2n) is 6.71. The van der Waals surface area contributed by atoms with Crippen LogP contribution in [0, 0.1) is 0 Å². The lowest BCUT2D eigenvalue weighted by molar-refractivity contribution is 0.268. The summed E-state index contributed by atoms with van der Waals surface area (Å²) in [5.74, 6) is 0. The van der Waals surface area contributed by atoms with E-state index in [1.165, 1.54) is 39.4 Å². The number of likely N-dealkylation sites (N-methyl/N-ethyl adjacent to an activating group) is 1. The van der Waals surface area contributed by atoms with Crippen LogP contribution in [-0.4, -0.2) is 30.0 Å². The van der Waals surface area contributed by atoms with E-state index < -0.39 is 0 Å². The third kappa shape index (κ3) is 2.53. The molecule has 0 N–H and O–H groups in total. The van der Waals surface area contributed by atoms with Gasteiger partial charge in [-0.15, -0.1) is 0 Å². The molecule has 0 fully saturated rings. The predicted molar refractivity (Wildman–Crippen MR) is 96.7 cm³/mol. The summed E-state index contributed by atoms with van der Waals surface area (Å²) in [5, 5.41) is 2.51. The van der Waals surface area contributed by atoms with Crippen molar-refractivity contribution in [2.45, 2.75) is 25.3 Å². The standard InChI is InChI=1S/C21H22N2/c1-23(2)17-9-10-18-15(13-17)5-3-7-20(18)21-8-4-6-16-14-22-12-11-19(16)21/h3-8,11-12,14,17H,9-10,13H2,1-2H3. The normalized spacial score (nSPS) is 17.4. The monoisotopic (exact) mass is 302 g/mol. The lowest BCUT2D eigenvalue weighted by atomic mass is 9.82. The first kappa shape index (κ1) is 14.4. The molecule has 0 spiro atoms. The molecule has 116 valence electrons. The van der Waals surface area contributed by atoms with E-state index in [1.54, 1.807) is 0 Å². The van der Waals surface area contributed by atoms with Crippen LogP contribution in [0.15, 0.2) is 54.9 Å². The number of nitrogens with zero attached hydrogens (tertiary/aromatic N) is 2. The summed E-state index contributed by atoms with van der Waals surface area (Å²) in [6.07, 6.45) is 7.40. The van der Waals surface area contributed by atoms with E-state index in [4.69, 9.17) is 0 Å². The van der Waals surface area contributed by atoms with Crippen molar-refractivity contribution in [2.75, 3.05) is 14.1 Å². The zero-order valence-electron chi connectivity index (χ0n) is 13.8. The van der Waals surface area contributed by atoms with Gasteiger partial charge in [0.05, 0.1) is 0 Å². The van der Waals surface area contributed by atoms with Gasteiger partial charge in [0.25, 0.3) is 0 Å². The summed E-state index contributed by atoms with van der Waals surface area (Å²) in [6.45, 7) is 0. The van der Waals surface area contributed by atoms with E-state index in [1.807, 2.05) is 12.4 Å². The second-order valence-corrected chi connectivity index (χ2v) is 6.71. The Morgan fingerprint density at radius 2 is 1.83 bits per heavy atom. The van der Waals surface area contributed by atoms with Crippen LogP contribution in [0.5, 0.6) is 0 Å². The van der Waals surface area contributed by atoms with Gasteiger partial charge in [0.15, 0.2) is 0 Å². The molecule has 23 heavy (non-hydrogen) atoms. The molecule has 0 amide bonds. The van der Waals surface area contributed by atoms with Crippen LogP contribution in [0.2, 0.25) is 0 Å². The Labute approximate surface area is 137 Å². The fourth-order valence-electron chi connectivity index (χ4n) is 3.84. The summed E-state index contributed by atoms with van der Waals surface area (Å²) in [5.41, 5.74) is 5.79. The largest absolute Gasteiger partial charge is 0.306 e. The maximum Gasteiger partial charge on any atom is 0.0346 e. The topological polar surface area (TPSA) is 16.1 Å². The van der Waals surface area contributed by atoms with Crippen LogP contribution < -0.4 is 0 Å². The van der Waals surface area contributed by atoms with E-state index in [-0.39, 0.29) is 0 Å². The zero-order chi connectivity index (χ0) is 15.8. The van der Waals surface area contributed by atoms with Gasteiger partial charge in [-0.2, -0.15) is 0 Å². The molecule has 0 bridgehead atoms. The number of rotatable bonds is 2. The minimum Gasteiger partial charge on any atom is -0.306 e. The fraction of sp³-hybridized carbons (Fsp3) is 0.286. The molecule has 0 saturated heterocycles. The average molecular weight is 302 g/mol. The lowest BCUT2D eigenvalue weighted by Crippen LogP contribution is -2.33. The Bertz CT molecular complexity index is 846. The third-order valence-electron chi connectivity index (χ3n) is 5.16. The number of fused-ring (bicyclic) bond motifs is 2. The van der Waals surface area contributed by atoms with E-state index in [2.05, 4.69) is 66.4 Å². The lowest BCUT2D eigenvalue weighted by Gasteiger charge is -2.31. The van der Waals surface area contributed by atoms with E-state index in [0.717, 1.165) is 12.8 Å². The van der Waals surface area contributed by atoms with Gasteiger partial charge in [-0.1, -0.05) is 36.4 Å². The van der Waals surface area contributed by atoms with Crippen molar-refractivity contribution in [3.63, 3.8) is 0 Å². The van der Waals surface area contributed by atoms with Gasteiger partial charge in [-0.3, -0.25) is 4.98 Å². The highest BCUT2D eigenvalue weighted by atomic mass is 15.1. The fourth-order valence-corrected chi connectivity index (χ4v) is 3.84. The summed E-state index contributed by atoms with van der Waals surface area (Å²) < 4.78 is 0. The van der Waals surface area contributed by atoms with Crippen molar-refractivity contribution in [3.8, 4) is 11.1 Å². The van der Waals surface area contributed by atoms with Gasteiger partial charge in [0.2, 0.25) is 0 Å². The Hall–Kier alpha value is -2.19. The maximum absolute atomic E-state index is 4.26. The quantitative estimate of drug-likeness (QED) is 0.701. The van der Waals surface area contributed by atoms with Crippen molar-refractivity contribution < 1.29 is 0 Å². The van der Waals surface area contributed by atoms with Crippen LogP contribution in [0.1, 0.15) is 17.5 Å². The molecule has 2 aromatic carbocycles. The van der Waals surface area contributed by atoms with Gasteiger partial charge < -0.3 is 4.90 Å². The van der Waals surface area contributed by atoms with E-state index >= 15 is 0 Å². The second kappa shape index (κ2) is 5.78. The van der Waals surface area contributed by atoms with Gasteiger partial charge in [-0.25, -0.2) is 0 Å². The number of hydrogen-bond acceptors (Lipinski definition) is 2. The molecule has 0 aliphatic heterocycles. The molecule has 1 atom stereocenters. The Morgan fingerprint density at radius 3 is 2.70 bits per heavy atom. The summed E-state index contributed by atoms with van der Waals surface area (Å²) in [4.78, 5) is 6.62. The predicted octanol–water partition coefficient (Wildman–Crippen LogP) is 4.32. The van der Waals surface area contributed by atoms with Gasteiger partial charge in [-0.05, 0) is 67.1 Å². The van der Waals surface area contributed by atoms with Crippen LogP contribution in [0.25, 0.3) is 21.9 Å². The van der Waals surface area contributed by atoms with Crippen molar-refractivity contribution in [1.29, 1.82) is 0 Å². The minimum absolute atomic E-state index is 0.662. The molecule has 4 rings (SSSR count). The first-order chi connectivity index (χ1) is 11.2. The molecule has 0 radical (unpaired) electrons. The van der Waals surface area contributed by atoms with E-state index in [9.17, 15) is 0 Å². The highest BCUT2D eigenvalue weighted by molar-refractivity contribution is 5.97. The molecular weight excluding hydrogens is 280 g/mol. The number of benzene rings is 2. The average Bonchev–Trinajstić information content (AvgIpc) is 2.60. The summed E-state index contributed by atoms with van der Waals surface area (Å²) in [7, 11) is 4.38. The summed E-state index contributed by atoms with van der Waals surface area (Å²) >= 11 is 0. The van der Waals surface area contributed by atoms with Crippen LogP contribution in [0.3, 0.4) is 0 Å². The highest BCUT2D eigenvalue weighted by Crippen LogP contribution is 2.35. The SMILES string of the molecule is CN(C)C1CCc2c(cccc2-c2cccc3cnccc23)C1. The molecule has 2 heteroatoms. The number of aromatic nitrogens is 1. The Kier molecular flexibility index (Phi) is 3.62. The molecule has 1 aliphatic rings. The molecular formula is C21H22N2. The zero-order valence-corrected chi connectivity index (χ0v) is 13.8. The molecule has 3 aromatic rings. The molecule has 1 aromatic heterocycles. The smallest absolute Gasteiger partial charge is 0.0346 e. The molecule has 2 nitrogen and oxygen atoms in total. The van der Waals surface area contributed by atoms with Crippen LogP contribution >= 0.6 is 0 Å². The van der Waals surface area contributed by atoms with Crippen LogP contribution in [-0.2, 0) is 12.8 Å². The number of hydrogen-bond donors (Lipinski definition) is 0. The van der Waals surface area contributed by atoms with Gasteiger partial charge in [0.1, 0.15) is 0 Å². The van der Waals surface area contributed by atoms with Gasteiger partial charge >= 0.3 is 0 Å².